The van der Waals surface area contributed by atoms with Crippen LogP contribution in [0.15, 0.2) is 23.2 Å². The Morgan fingerprint density at radius 3 is 3.00 bits per heavy atom. The van der Waals surface area contributed by atoms with E-state index >= 15 is 0 Å². The minimum absolute atomic E-state index is 0.0205. The Balaban J connectivity index is 2.20. The van der Waals surface area contributed by atoms with Gasteiger partial charge in [0.1, 0.15) is 0 Å². The van der Waals surface area contributed by atoms with E-state index in [2.05, 4.69) is 25.2 Å². The van der Waals surface area contributed by atoms with Crippen LogP contribution in [-0.2, 0) is 0 Å². The van der Waals surface area contributed by atoms with Gasteiger partial charge in [-0.05, 0) is 38.0 Å². The normalized spacial score (nSPS) is 22.5. The topological polar surface area (TPSA) is 48.2 Å². The summed E-state index contributed by atoms with van der Waals surface area (Å²) in [7, 11) is 0. The number of nitrogens with zero attached hydrogens (tertiary/aromatic N) is 2. The lowest BCUT2D eigenvalue weighted by Crippen LogP contribution is -2.29. The number of benzene rings is 1. The predicted molar refractivity (Wildman–Crippen MR) is 83.0 cm³/mol. The molecule has 0 saturated carbocycles. The average Bonchev–Trinajstić information content (AvgIpc) is 2.41. The van der Waals surface area contributed by atoms with Gasteiger partial charge in [0.25, 0.3) is 0 Å². The molecule has 0 saturated heterocycles. The van der Waals surface area contributed by atoms with Crippen LogP contribution >= 0.6 is 23.4 Å². The number of nitrogens with one attached hydrogen (secondary N) is 1. The second-order valence-corrected chi connectivity index (χ2v) is 6.29. The number of aliphatic imine (C=N–C) groups is 1. The maximum absolute atomic E-state index is 8.82. The minimum Gasteiger partial charge on any atom is -0.334 e. The Morgan fingerprint density at radius 2 is 2.37 bits per heavy atom. The fraction of sp³-hybridized carbons (Fsp3) is 0.429. The summed E-state index contributed by atoms with van der Waals surface area (Å²) >= 11 is 7.86. The van der Waals surface area contributed by atoms with Crippen LogP contribution in [0.5, 0.6) is 0 Å². The highest BCUT2D eigenvalue weighted by Gasteiger charge is 2.26. The Bertz CT molecular complexity index is 550. The van der Waals surface area contributed by atoms with E-state index in [4.69, 9.17) is 21.9 Å². The molecule has 1 aliphatic rings. The van der Waals surface area contributed by atoms with Crippen molar-refractivity contribution < 1.29 is 0 Å². The molecule has 100 valence electrons. The molecule has 2 rings (SSSR count). The molecule has 1 N–H and O–H groups in total. The molecule has 1 heterocycles. The number of thioether (sulfide) groups is 1. The first-order chi connectivity index (χ1) is 9.06. The first-order valence-corrected chi connectivity index (χ1v) is 7.62. The lowest BCUT2D eigenvalue weighted by molar-refractivity contribution is 0.443. The molecule has 1 aromatic carbocycles. The Morgan fingerprint density at radius 1 is 1.58 bits per heavy atom. The molecule has 3 nitrogen and oxygen atoms in total. The van der Waals surface area contributed by atoms with E-state index in [1.165, 1.54) is 0 Å². The van der Waals surface area contributed by atoms with E-state index in [1.807, 2.05) is 6.07 Å². The van der Waals surface area contributed by atoms with Crippen molar-refractivity contribution in [2.75, 3.05) is 11.1 Å². The summed E-state index contributed by atoms with van der Waals surface area (Å²) < 4.78 is 0. The number of anilines is 1. The molecule has 1 unspecified atom stereocenters. The second-order valence-electron chi connectivity index (χ2n) is 4.80. The summed E-state index contributed by atoms with van der Waals surface area (Å²) in [5, 5.41) is 13.5. The first-order valence-electron chi connectivity index (χ1n) is 6.25. The van der Waals surface area contributed by atoms with Crippen molar-refractivity contribution in [3.05, 3.63) is 28.8 Å². The molecule has 1 aliphatic heterocycles. The third-order valence-corrected chi connectivity index (χ3v) is 4.54. The molecule has 1 aromatic rings. The Kier molecular flexibility index (Phi) is 4.38. The third kappa shape index (κ3) is 3.43. The SMILES string of the molecule is CCC1(C)CCSC(Nc2ccc(C#N)cc2Cl)=N1. The van der Waals surface area contributed by atoms with E-state index < -0.39 is 0 Å². The summed E-state index contributed by atoms with van der Waals surface area (Å²) in [5.41, 5.74) is 1.38. The number of rotatable bonds is 2. The Labute approximate surface area is 123 Å². The van der Waals surface area contributed by atoms with Gasteiger partial charge >= 0.3 is 0 Å². The Hall–Kier alpha value is -1.18. The van der Waals surface area contributed by atoms with Crippen LogP contribution in [0, 0.1) is 11.3 Å². The lowest BCUT2D eigenvalue weighted by Gasteiger charge is -2.29. The van der Waals surface area contributed by atoms with Crippen LogP contribution in [0.2, 0.25) is 5.02 Å². The molecule has 5 heteroatoms. The summed E-state index contributed by atoms with van der Waals surface area (Å²) in [6, 6.07) is 7.31. The zero-order valence-electron chi connectivity index (χ0n) is 11.0. The van der Waals surface area contributed by atoms with Crippen molar-refractivity contribution in [1.82, 2.24) is 0 Å². The van der Waals surface area contributed by atoms with Gasteiger partial charge in [0.15, 0.2) is 5.17 Å². The van der Waals surface area contributed by atoms with Gasteiger partial charge in [0.05, 0.1) is 27.9 Å². The highest BCUT2D eigenvalue weighted by molar-refractivity contribution is 8.14. The third-order valence-electron chi connectivity index (χ3n) is 3.35. The lowest BCUT2D eigenvalue weighted by atomic mass is 9.97. The van der Waals surface area contributed by atoms with Gasteiger partial charge in [-0.3, -0.25) is 4.99 Å². The summed E-state index contributed by atoms with van der Waals surface area (Å²) in [4.78, 5) is 4.76. The standard InChI is InChI=1S/C14H16ClN3S/c1-3-14(2)6-7-19-13(18-14)17-12-5-4-10(9-16)8-11(12)15/h4-5,8H,3,6-7H2,1-2H3,(H,17,18). The van der Waals surface area contributed by atoms with Crippen LogP contribution < -0.4 is 5.32 Å². The largest absolute Gasteiger partial charge is 0.334 e. The highest BCUT2D eigenvalue weighted by Crippen LogP contribution is 2.31. The number of nitriles is 1. The van der Waals surface area contributed by atoms with Gasteiger partial charge < -0.3 is 5.32 Å². The monoisotopic (exact) mass is 293 g/mol. The molecular formula is C14H16ClN3S. The van der Waals surface area contributed by atoms with Crippen molar-refractivity contribution in [1.29, 1.82) is 5.26 Å². The minimum atomic E-state index is 0.0205. The van der Waals surface area contributed by atoms with Gasteiger partial charge in [-0.15, -0.1) is 0 Å². The average molecular weight is 294 g/mol. The van der Waals surface area contributed by atoms with E-state index in [-0.39, 0.29) is 5.54 Å². The fourth-order valence-electron chi connectivity index (χ4n) is 1.82. The van der Waals surface area contributed by atoms with Crippen LogP contribution in [0.3, 0.4) is 0 Å². The maximum Gasteiger partial charge on any atom is 0.161 e. The molecule has 0 aliphatic carbocycles. The van der Waals surface area contributed by atoms with Gasteiger partial charge in [-0.2, -0.15) is 5.26 Å². The molecule has 0 fully saturated rings. The van der Waals surface area contributed by atoms with Gasteiger partial charge in [0, 0.05) is 5.75 Å². The summed E-state index contributed by atoms with van der Waals surface area (Å²) in [5.74, 6) is 1.06. The molecule has 0 spiro atoms. The molecule has 0 radical (unpaired) electrons. The molecule has 1 atom stereocenters. The molecule has 0 aromatic heterocycles. The highest BCUT2D eigenvalue weighted by atomic mass is 35.5. The number of amidine groups is 1. The fourth-order valence-corrected chi connectivity index (χ4v) is 3.25. The maximum atomic E-state index is 8.82. The number of hydrogen-bond donors (Lipinski definition) is 1. The van der Waals surface area contributed by atoms with Crippen LogP contribution in [-0.4, -0.2) is 16.5 Å². The smallest absolute Gasteiger partial charge is 0.161 e. The van der Waals surface area contributed by atoms with Crippen molar-refractivity contribution in [3.63, 3.8) is 0 Å². The number of hydrogen-bond acceptors (Lipinski definition) is 4. The van der Waals surface area contributed by atoms with Crippen LogP contribution in [0.25, 0.3) is 0 Å². The molecule has 19 heavy (non-hydrogen) atoms. The predicted octanol–water partition coefficient (Wildman–Crippen LogP) is 4.29. The van der Waals surface area contributed by atoms with Crippen molar-refractivity contribution >= 4 is 34.2 Å². The van der Waals surface area contributed by atoms with E-state index in [0.29, 0.717) is 10.6 Å². The van der Waals surface area contributed by atoms with E-state index in [9.17, 15) is 0 Å². The second kappa shape index (κ2) is 5.85. The summed E-state index contributed by atoms with van der Waals surface area (Å²) in [6.45, 7) is 4.33. The van der Waals surface area contributed by atoms with Crippen LogP contribution in [0.1, 0.15) is 32.3 Å². The van der Waals surface area contributed by atoms with Gasteiger partial charge in [-0.1, -0.05) is 30.3 Å². The quantitative estimate of drug-likeness (QED) is 0.885. The zero-order chi connectivity index (χ0) is 13.9. The van der Waals surface area contributed by atoms with Gasteiger partial charge in [0.2, 0.25) is 0 Å². The first kappa shape index (κ1) is 14.2. The van der Waals surface area contributed by atoms with Crippen molar-refractivity contribution in [3.8, 4) is 6.07 Å². The van der Waals surface area contributed by atoms with Crippen LogP contribution in [0.4, 0.5) is 5.69 Å². The molecule has 0 amide bonds. The number of halogens is 1. The molecule has 0 bridgehead atoms. The summed E-state index contributed by atoms with van der Waals surface area (Å²) in [6.07, 6.45) is 2.13. The van der Waals surface area contributed by atoms with E-state index in [0.717, 1.165) is 29.4 Å². The van der Waals surface area contributed by atoms with Crippen molar-refractivity contribution in [2.24, 2.45) is 4.99 Å². The zero-order valence-corrected chi connectivity index (χ0v) is 12.6. The van der Waals surface area contributed by atoms with Crippen molar-refractivity contribution in [2.45, 2.75) is 32.2 Å². The molecular weight excluding hydrogens is 278 g/mol. The van der Waals surface area contributed by atoms with E-state index in [1.54, 1.807) is 23.9 Å². The van der Waals surface area contributed by atoms with Gasteiger partial charge in [-0.25, -0.2) is 0 Å².